The Morgan fingerprint density at radius 1 is 1.18 bits per heavy atom. The van der Waals surface area contributed by atoms with Crippen LogP contribution in [-0.2, 0) is 11.3 Å². The second kappa shape index (κ2) is 6.38. The fourth-order valence-electron chi connectivity index (χ4n) is 3.37. The van der Waals surface area contributed by atoms with Crippen LogP contribution in [0.15, 0.2) is 24.3 Å². The Kier molecular flexibility index (Phi) is 4.32. The SMILES string of the molecule is O=C1NC[C@@H]1N(Cc1ccc(C2CCCCC2)cc1)C(=O)O. The molecular weight excluding hydrogens is 280 g/mol. The zero-order chi connectivity index (χ0) is 15.5. The first-order valence-corrected chi connectivity index (χ1v) is 8.01. The molecule has 1 heterocycles. The van der Waals surface area contributed by atoms with Crippen molar-refractivity contribution in [3.05, 3.63) is 35.4 Å². The average molecular weight is 302 g/mol. The molecule has 0 unspecified atom stereocenters. The minimum Gasteiger partial charge on any atom is -0.465 e. The third-order valence-electron chi connectivity index (χ3n) is 4.80. The molecule has 0 radical (unpaired) electrons. The van der Waals surface area contributed by atoms with Gasteiger partial charge >= 0.3 is 6.09 Å². The van der Waals surface area contributed by atoms with Gasteiger partial charge in [0.15, 0.2) is 0 Å². The molecule has 0 bridgehead atoms. The van der Waals surface area contributed by atoms with Crippen molar-refractivity contribution in [3.63, 3.8) is 0 Å². The molecule has 1 saturated carbocycles. The molecule has 1 saturated heterocycles. The van der Waals surface area contributed by atoms with E-state index >= 15 is 0 Å². The summed E-state index contributed by atoms with van der Waals surface area (Å²) >= 11 is 0. The molecule has 1 atom stereocenters. The number of carboxylic acid groups (broad SMARTS) is 1. The molecule has 0 spiro atoms. The van der Waals surface area contributed by atoms with Gasteiger partial charge in [-0.3, -0.25) is 9.69 Å². The van der Waals surface area contributed by atoms with Gasteiger partial charge in [-0.1, -0.05) is 43.5 Å². The van der Waals surface area contributed by atoms with Gasteiger partial charge in [0.25, 0.3) is 0 Å². The van der Waals surface area contributed by atoms with Gasteiger partial charge in [0.05, 0.1) is 0 Å². The summed E-state index contributed by atoms with van der Waals surface area (Å²) in [7, 11) is 0. The third-order valence-corrected chi connectivity index (χ3v) is 4.80. The molecule has 2 fully saturated rings. The summed E-state index contributed by atoms with van der Waals surface area (Å²) < 4.78 is 0. The summed E-state index contributed by atoms with van der Waals surface area (Å²) in [5, 5.41) is 11.9. The molecule has 1 aromatic carbocycles. The van der Waals surface area contributed by atoms with Crippen LogP contribution in [0.25, 0.3) is 0 Å². The molecule has 3 rings (SSSR count). The highest BCUT2D eigenvalue weighted by atomic mass is 16.4. The zero-order valence-electron chi connectivity index (χ0n) is 12.6. The Hall–Kier alpha value is -2.04. The van der Waals surface area contributed by atoms with Crippen molar-refractivity contribution in [2.75, 3.05) is 6.54 Å². The molecule has 2 amide bonds. The average Bonchev–Trinajstić information content (AvgIpc) is 2.54. The Balaban J connectivity index is 1.66. The highest BCUT2D eigenvalue weighted by Gasteiger charge is 2.36. The number of nitrogens with zero attached hydrogens (tertiary/aromatic N) is 1. The van der Waals surface area contributed by atoms with Crippen LogP contribution in [-0.4, -0.2) is 34.6 Å². The van der Waals surface area contributed by atoms with Crippen molar-refractivity contribution < 1.29 is 14.7 Å². The van der Waals surface area contributed by atoms with Gasteiger partial charge in [-0.15, -0.1) is 0 Å². The van der Waals surface area contributed by atoms with Crippen LogP contribution in [0.3, 0.4) is 0 Å². The highest BCUT2D eigenvalue weighted by molar-refractivity contribution is 5.90. The van der Waals surface area contributed by atoms with E-state index in [-0.39, 0.29) is 12.5 Å². The number of amides is 2. The van der Waals surface area contributed by atoms with E-state index in [9.17, 15) is 14.7 Å². The number of nitrogens with one attached hydrogen (secondary N) is 1. The van der Waals surface area contributed by atoms with Gasteiger partial charge in [-0.05, 0) is 29.9 Å². The Bertz CT molecular complexity index is 550. The van der Waals surface area contributed by atoms with Crippen molar-refractivity contribution in [2.24, 2.45) is 0 Å². The summed E-state index contributed by atoms with van der Waals surface area (Å²) in [6.45, 7) is 0.670. The first-order chi connectivity index (χ1) is 10.6. The van der Waals surface area contributed by atoms with Crippen LogP contribution in [0.1, 0.15) is 49.1 Å². The zero-order valence-corrected chi connectivity index (χ0v) is 12.6. The molecule has 1 aliphatic heterocycles. The molecule has 5 nitrogen and oxygen atoms in total. The smallest absolute Gasteiger partial charge is 0.408 e. The Labute approximate surface area is 130 Å². The van der Waals surface area contributed by atoms with E-state index in [1.165, 1.54) is 42.6 Å². The predicted molar refractivity (Wildman–Crippen MR) is 82.6 cm³/mol. The van der Waals surface area contributed by atoms with E-state index < -0.39 is 12.1 Å². The molecule has 5 heteroatoms. The molecule has 0 aromatic heterocycles. The summed E-state index contributed by atoms with van der Waals surface area (Å²) in [4.78, 5) is 24.0. The van der Waals surface area contributed by atoms with Gasteiger partial charge in [0.2, 0.25) is 5.91 Å². The fourth-order valence-corrected chi connectivity index (χ4v) is 3.37. The van der Waals surface area contributed by atoms with Crippen molar-refractivity contribution >= 4 is 12.0 Å². The van der Waals surface area contributed by atoms with Crippen LogP contribution in [0.2, 0.25) is 0 Å². The largest absolute Gasteiger partial charge is 0.465 e. The first-order valence-electron chi connectivity index (χ1n) is 8.01. The lowest BCUT2D eigenvalue weighted by atomic mass is 9.84. The normalized spacial score (nSPS) is 21.8. The lowest BCUT2D eigenvalue weighted by molar-refractivity contribution is -0.132. The number of benzene rings is 1. The number of rotatable bonds is 4. The van der Waals surface area contributed by atoms with E-state index in [4.69, 9.17) is 0 Å². The van der Waals surface area contributed by atoms with E-state index in [1.54, 1.807) is 0 Å². The van der Waals surface area contributed by atoms with E-state index in [0.29, 0.717) is 12.5 Å². The molecule has 118 valence electrons. The maximum atomic E-state index is 11.4. The monoisotopic (exact) mass is 302 g/mol. The predicted octanol–water partition coefficient (Wildman–Crippen LogP) is 2.71. The third kappa shape index (κ3) is 3.08. The van der Waals surface area contributed by atoms with Crippen LogP contribution in [0.4, 0.5) is 4.79 Å². The summed E-state index contributed by atoms with van der Waals surface area (Å²) in [6, 6.07) is 7.68. The van der Waals surface area contributed by atoms with Crippen molar-refractivity contribution in [1.82, 2.24) is 10.2 Å². The first kappa shape index (κ1) is 14.9. The van der Waals surface area contributed by atoms with E-state index in [0.717, 1.165) is 5.56 Å². The van der Waals surface area contributed by atoms with Crippen LogP contribution < -0.4 is 5.32 Å². The van der Waals surface area contributed by atoms with Crippen molar-refractivity contribution in [2.45, 2.75) is 50.6 Å². The quantitative estimate of drug-likeness (QED) is 0.840. The van der Waals surface area contributed by atoms with Crippen molar-refractivity contribution in [3.8, 4) is 0 Å². The molecule has 2 aliphatic rings. The second-order valence-corrected chi connectivity index (χ2v) is 6.25. The number of hydrogen-bond donors (Lipinski definition) is 2. The van der Waals surface area contributed by atoms with Crippen molar-refractivity contribution in [1.29, 1.82) is 0 Å². The lowest BCUT2D eigenvalue weighted by Gasteiger charge is -2.34. The number of carbonyl (C=O) groups is 2. The minimum atomic E-state index is -1.05. The van der Waals surface area contributed by atoms with Crippen LogP contribution in [0.5, 0.6) is 0 Å². The summed E-state index contributed by atoms with van der Waals surface area (Å²) in [6.07, 6.45) is 5.40. The molecule has 2 N–H and O–H groups in total. The maximum absolute atomic E-state index is 11.4. The van der Waals surface area contributed by atoms with Crippen LogP contribution in [0, 0.1) is 0 Å². The van der Waals surface area contributed by atoms with E-state index in [1.807, 2.05) is 12.1 Å². The number of carbonyl (C=O) groups excluding carboxylic acids is 1. The number of β-lactam (4-membered cyclic amide) rings is 1. The molecule has 1 aromatic rings. The second-order valence-electron chi connectivity index (χ2n) is 6.25. The summed E-state index contributed by atoms with van der Waals surface area (Å²) in [5.74, 6) is 0.442. The van der Waals surface area contributed by atoms with Gasteiger partial charge in [-0.2, -0.15) is 0 Å². The fraction of sp³-hybridized carbons (Fsp3) is 0.529. The lowest BCUT2D eigenvalue weighted by Crippen LogP contribution is -2.62. The summed E-state index contributed by atoms with van der Waals surface area (Å²) in [5.41, 5.74) is 2.29. The Morgan fingerprint density at radius 2 is 1.86 bits per heavy atom. The highest BCUT2D eigenvalue weighted by Crippen LogP contribution is 2.32. The molecular formula is C17H22N2O3. The topological polar surface area (TPSA) is 69.6 Å². The molecule has 22 heavy (non-hydrogen) atoms. The van der Waals surface area contributed by atoms with Gasteiger partial charge < -0.3 is 10.4 Å². The van der Waals surface area contributed by atoms with E-state index in [2.05, 4.69) is 17.4 Å². The number of hydrogen-bond acceptors (Lipinski definition) is 2. The maximum Gasteiger partial charge on any atom is 0.408 e. The molecule has 1 aliphatic carbocycles. The van der Waals surface area contributed by atoms with Crippen LogP contribution >= 0.6 is 0 Å². The van der Waals surface area contributed by atoms with Gasteiger partial charge in [-0.25, -0.2) is 4.79 Å². The van der Waals surface area contributed by atoms with Gasteiger partial charge in [0, 0.05) is 13.1 Å². The standard InChI is InChI=1S/C17H22N2O3/c20-16-15(10-18-16)19(17(21)22)11-12-6-8-14(9-7-12)13-4-2-1-3-5-13/h6-9,13,15H,1-5,10-11H2,(H,18,20)(H,21,22)/t15-/m0/s1. The Morgan fingerprint density at radius 3 is 2.36 bits per heavy atom. The van der Waals surface area contributed by atoms with Gasteiger partial charge in [0.1, 0.15) is 6.04 Å². The minimum absolute atomic E-state index is 0.207.